The van der Waals surface area contributed by atoms with Crippen LogP contribution < -0.4 is 10.2 Å². The second-order valence-corrected chi connectivity index (χ2v) is 4.83. The maximum Gasteiger partial charge on any atom is 0.289 e. The molecule has 3 aromatic rings. The molecular formula is C18H15N3O2. The summed E-state index contributed by atoms with van der Waals surface area (Å²) in [5, 5.41) is 4.95. The number of rotatable bonds is 4. The van der Waals surface area contributed by atoms with Gasteiger partial charge in [0.25, 0.3) is 5.91 Å². The van der Waals surface area contributed by atoms with E-state index in [9.17, 15) is 4.79 Å². The summed E-state index contributed by atoms with van der Waals surface area (Å²) in [6.07, 6.45) is 1.54. The number of carbonyl (C=O) groups is 1. The van der Waals surface area contributed by atoms with E-state index in [1.54, 1.807) is 13.2 Å². The molecule has 3 rings (SSSR count). The minimum absolute atomic E-state index is 0.320. The molecule has 0 unspecified atom stereocenters. The number of nitrogens with one attached hydrogen (secondary N) is 1. The maximum atomic E-state index is 12.1. The molecule has 0 fully saturated rings. The van der Waals surface area contributed by atoms with E-state index in [2.05, 4.69) is 15.5 Å². The molecule has 5 heteroatoms. The van der Waals surface area contributed by atoms with Gasteiger partial charge in [-0.05, 0) is 24.3 Å². The Hall–Kier alpha value is -3.21. The van der Waals surface area contributed by atoms with Gasteiger partial charge in [-0.1, -0.05) is 36.4 Å². The van der Waals surface area contributed by atoms with Crippen LogP contribution >= 0.6 is 0 Å². The van der Waals surface area contributed by atoms with Crippen LogP contribution in [0.4, 0.5) is 0 Å². The summed E-state index contributed by atoms with van der Waals surface area (Å²) < 4.78 is 5.22. The number of nitrogens with zero attached hydrogens (tertiary/aromatic N) is 2. The highest BCUT2D eigenvalue weighted by Crippen LogP contribution is 2.14. The van der Waals surface area contributed by atoms with Crippen LogP contribution in [0, 0.1) is 0 Å². The molecule has 1 aromatic heterocycles. The lowest BCUT2D eigenvalue weighted by Crippen LogP contribution is -2.19. The molecule has 0 spiro atoms. The number of aromatic nitrogens is 1. The van der Waals surface area contributed by atoms with E-state index in [0.29, 0.717) is 11.4 Å². The van der Waals surface area contributed by atoms with Gasteiger partial charge in [-0.15, -0.1) is 0 Å². The first-order valence-electron chi connectivity index (χ1n) is 7.10. The van der Waals surface area contributed by atoms with Gasteiger partial charge in [0.15, 0.2) is 0 Å². The fourth-order valence-electron chi connectivity index (χ4n) is 2.18. The molecule has 2 aromatic carbocycles. The van der Waals surface area contributed by atoms with Gasteiger partial charge >= 0.3 is 0 Å². The Labute approximate surface area is 133 Å². The lowest BCUT2D eigenvalue weighted by molar-refractivity contribution is 0.0950. The number of pyridine rings is 1. The highest BCUT2D eigenvalue weighted by atomic mass is 16.5. The van der Waals surface area contributed by atoms with Crippen LogP contribution in [0.25, 0.3) is 10.9 Å². The van der Waals surface area contributed by atoms with E-state index >= 15 is 0 Å². The molecule has 0 aliphatic carbocycles. The van der Waals surface area contributed by atoms with Crippen molar-refractivity contribution in [3.05, 3.63) is 71.9 Å². The van der Waals surface area contributed by atoms with E-state index in [1.165, 1.54) is 6.21 Å². The Kier molecular flexibility index (Phi) is 4.29. The Morgan fingerprint density at radius 1 is 1.09 bits per heavy atom. The smallest absolute Gasteiger partial charge is 0.289 e. The summed E-state index contributed by atoms with van der Waals surface area (Å²) in [5.41, 5.74) is 4.35. The average molecular weight is 305 g/mol. The molecule has 114 valence electrons. The van der Waals surface area contributed by atoms with Gasteiger partial charge in [0, 0.05) is 10.9 Å². The predicted molar refractivity (Wildman–Crippen MR) is 89.8 cm³/mol. The molecular weight excluding hydrogens is 290 g/mol. The number of benzene rings is 2. The zero-order chi connectivity index (χ0) is 16.1. The zero-order valence-electron chi connectivity index (χ0n) is 12.6. The van der Waals surface area contributed by atoms with Gasteiger partial charge in [-0.2, -0.15) is 5.10 Å². The molecule has 1 heterocycles. The number of para-hydroxylation sites is 2. The highest BCUT2D eigenvalue weighted by Gasteiger charge is 2.07. The van der Waals surface area contributed by atoms with Crippen LogP contribution in [-0.2, 0) is 0 Å². The Bertz CT molecular complexity index is 875. The third-order valence-corrected chi connectivity index (χ3v) is 3.34. The zero-order valence-corrected chi connectivity index (χ0v) is 12.6. The van der Waals surface area contributed by atoms with Gasteiger partial charge in [0.2, 0.25) is 0 Å². The number of amides is 1. The molecule has 0 aliphatic heterocycles. The molecule has 0 radical (unpaired) electrons. The fourth-order valence-corrected chi connectivity index (χ4v) is 2.18. The third kappa shape index (κ3) is 3.35. The number of ether oxygens (including phenoxy) is 1. The topological polar surface area (TPSA) is 63.6 Å². The number of hydrazone groups is 1. The normalized spacial score (nSPS) is 10.8. The van der Waals surface area contributed by atoms with Crippen LogP contribution in [0.15, 0.2) is 65.8 Å². The number of hydrogen-bond donors (Lipinski definition) is 1. The molecule has 0 bridgehead atoms. The Morgan fingerprint density at radius 3 is 2.74 bits per heavy atom. The lowest BCUT2D eigenvalue weighted by atomic mass is 10.2. The summed E-state index contributed by atoms with van der Waals surface area (Å²) in [5.74, 6) is 0.330. The number of methoxy groups -OCH3 is 1. The highest BCUT2D eigenvalue weighted by molar-refractivity contribution is 5.95. The maximum absolute atomic E-state index is 12.1. The summed E-state index contributed by atoms with van der Waals surface area (Å²) in [6, 6.07) is 18.6. The van der Waals surface area contributed by atoms with Crippen molar-refractivity contribution in [3.8, 4) is 5.75 Å². The molecule has 0 atom stereocenters. The molecule has 0 aliphatic rings. The van der Waals surface area contributed by atoms with Crippen molar-refractivity contribution in [2.75, 3.05) is 7.11 Å². The Balaban J connectivity index is 1.74. The van der Waals surface area contributed by atoms with Crippen molar-refractivity contribution in [1.82, 2.24) is 10.4 Å². The van der Waals surface area contributed by atoms with Gasteiger partial charge in [-0.25, -0.2) is 10.4 Å². The summed E-state index contributed by atoms with van der Waals surface area (Å²) in [7, 11) is 1.59. The first-order valence-corrected chi connectivity index (χ1v) is 7.10. The second kappa shape index (κ2) is 6.70. The molecule has 0 saturated carbocycles. The molecule has 1 N–H and O–H groups in total. The molecule has 5 nitrogen and oxygen atoms in total. The predicted octanol–water partition coefficient (Wildman–Crippen LogP) is 3.01. The van der Waals surface area contributed by atoms with Gasteiger partial charge in [-0.3, -0.25) is 4.79 Å². The van der Waals surface area contributed by atoms with Crippen molar-refractivity contribution >= 4 is 23.0 Å². The first kappa shape index (κ1) is 14.7. The monoisotopic (exact) mass is 305 g/mol. The van der Waals surface area contributed by atoms with Crippen molar-refractivity contribution in [3.63, 3.8) is 0 Å². The minimum Gasteiger partial charge on any atom is -0.496 e. The van der Waals surface area contributed by atoms with E-state index in [0.717, 1.165) is 16.5 Å². The van der Waals surface area contributed by atoms with Gasteiger partial charge in [0.1, 0.15) is 11.4 Å². The van der Waals surface area contributed by atoms with Crippen LogP contribution in [0.5, 0.6) is 5.75 Å². The number of hydrogen-bond acceptors (Lipinski definition) is 4. The molecule has 23 heavy (non-hydrogen) atoms. The minimum atomic E-state index is -0.359. The Morgan fingerprint density at radius 2 is 1.87 bits per heavy atom. The van der Waals surface area contributed by atoms with E-state index in [1.807, 2.05) is 54.6 Å². The van der Waals surface area contributed by atoms with Crippen molar-refractivity contribution < 1.29 is 9.53 Å². The van der Waals surface area contributed by atoms with Gasteiger partial charge < -0.3 is 4.74 Å². The summed E-state index contributed by atoms with van der Waals surface area (Å²) in [4.78, 5) is 16.4. The van der Waals surface area contributed by atoms with Crippen LogP contribution in [0.1, 0.15) is 16.1 Å². The third-order valence-electron chi connectivity index (χ3n) is 3.34. The van der Waals surface area contributed by atoms with Crippen LogP contribution in [-0.4, -0.2) is 24.2 Å². The van der Waals surface area contributed by atoms with E-state index in [4.69, 9.17) is 4.74 Å². The van der Waals surface area contributed by atoms with Crippen molar-refractivity contribution in [1.29, 1.82) is 0 Å². The summed E-state index contributed by atoms with van der Waals surface area (Å²) in [6.45, 7) is 0. The first-order chi connectivity index (χ1) is 11.3. The van der Waals surface area contributed by atoms with Gasteiger partial charge in [0.05, 0.1) is 18.8 Å². The molecule has 0 saturated heterocycles. The van der Waals surface area contributed by atoms with E-state index < -0.39 is 0 Å². The fraction of sp³-hybridized carbons (Fsp3) is 0.0556. The van der Waals surface area contributed by atoms with Crippen molar-refractivity contribution in [2.45, 2.75) is 0 Å². The average Bonchev–Trinajstić information content (AvgIpc) is 2.61. The lowest BCUT2D eigenvalue weighted by Gasteiger charge is -2.03. The SMILES string of the molecule is COc1ccccc1C=NNC(=O)c1ccc2ccccc2n1. The number of fused-ring (bicyclic) bond motifs is 1. The largest absolute Gasteiger partial charge is 0.496 e. The number of carbonyl (C=O) groups excluding carboxylic acids is 1. The van der Waals surface area contributed by atoms with Crippen molar-refractivity contribution in [2.24, 2.45) is 5.10 Å². The second-order valence-electron chi connectivity index (χ2n) is 4.83. The standard InChI is InChI=1S/C18H15N3O2/c1-23-17-9-5-3-7-14(17)12-19-21-18(22)16-11-10-13-6-2-4-8-15(13)20-16/h2-12H,1H3,(H,21,22). The van der Waals surface area contributed by atoms with Crippen LogP contribution in [0.3, 0.4) is 0 Å². The summed E-state index contributed by atoms with van der Waals surface area (Å²) >= 11 is 0. The van der Waals surface area contributed by atoms with E-state index in [-0.39, 0.29) is 5.91 Å². The van der Waals surface area contributed by atoms with Crippen LogP contribution in [0.2, 0.25) is 0 Å². The quantitative estimate of drug-likeness (QED) is 0.595. The molecule has 1 amide bonds.